The molecule has 0 bridgehead atoms. The molecule has 28 heavy (non-hydrogen) atoms. The molecule has 0 aliphatic rings. The zero-order chi connectivity index (χ0) is 20.8. The second kappa shape index (κ2) is 9.03. The van der Waals surface area contributed by atoms with Gasteiger partial charge in [-0.15, -0.1) is 0 Å². The second-order valence-electron chi connectivity index (χ2n) is 6.19. The van der Waals surface area contributed by atoms with Crippen LogP contribution in [0.1, 0.15) is 53.3 Å². The van der Waals surface area contributed by atoms with Crippen LogP contribution in [0.4, 0.5) is 10.2 Å². The molecule has 9 heteroatoms. The molecule has 0 saturated carbocycles. The molecule has 2 rings (SSSR count). The number of rotatable bonds is 9. The number of carboxylic acid groups (broad SMARTS) is 2. The molecule has 0 spiro atoms. The zero-order valence-electron chi connectivity index (χ0n) is 15.3. The zero-order valence-corrected chi connectivity index (χ0v) is 15.3. The molecule has 150 valence electrons. The van der Waals surface area contributed by atoms with Gasteiger partial charge in [0.25, 0.3) is 5.56 Å². The van der Waals surface area contributed by atoms with Gasteiger partial charge in [-0.05, 0) is 24.1 Å². The summed E-state index contributed by atoms with van der Waals surface area (Å²) in [7, 11) is 0. The van der Waals surface area contributed by atoms with Crippen molar-refractivity contribution in [1.29, 1.82) is 0 Å². The van der Waals surface area contributed by atoms with Crippen molar-refractivity contribution < 1.29 is 28.9 Å². The lowest BCUT2D eigenvalue weighted by molar-refractivity contribution is 0.0695. The van der Waals surface area contributed by atoms with Crippen LogP contribution in [0.2, 0.25) is 0 Å². The first kappa shape index (κ1) is 20.9. The molecule has 2 aromatic rings. The van der Waals surface area contributed by atoms with Gasteiger partial charge in [-0.3, -0.25) is 4.79 Å². The average Bonchev–Trinajstić information content (AvgIpc) is 2.59. The topological polar surface area (TPSA) is 143 Å². The number of H-pyrrole nitrogens is 1. The number of carboxylic acids is 2. The Kier molecular flexibility index (Phi) is 6.75. The van der Waals surface area contributed by atoms with Gasteiger partial charge in [0.15, 0.2) is 0 Å². The Hall–Kier alpha value is -3.36. The molecule has 0 aliphatic carbocycles. The highest BCUT2D eigenvalue weighted by atomic mass is 19.1. The molecule has 1 aromatic carbocycles. The summed E-state index contributed by atoms with van der Waals surface area (Å²) in [6.07, 6.45) is 3.77. The van der Waals surface area contributed by atoms with Crippen molar-refractivity contribution in [3.05, 3.63) is 45.5 Å². The van der Waals surface area contributed by atoms with Crippen molar-refractivity contribution in [2.75, 3.05) is 12.3 Å². The van der Waals surface area contributed by atoms with Crippen LogP contribution in [0, 0.1) is 5.82 Å². The molecule has 1 aromatic heterocycles. The van der Waals surface area contributed by atoms with E-state index >= 15 is 0 Å². The predicted octanol–water partition coefficient (Wildman–Crippen LogP) is 3.12. The number of halogens is 1. The van der Waals surface area contributed by atoms with Gasteiger partial charge in [0.05, 0.1) is 6.61 Å². The van der Waals surface area contributed by atoms with Gasteiger partial charge in [-0.2, -0.15) is 0 Å². The van der Waals surface area contributed by atoms with Crippen molar-refractivity contribution in [3.8, 4) is 16.9 Å². The molecule has 0 fully saturated rings. The third-order valence-electron chi connectivity index (χ3n) is 4.10. The number of ether oxygens (including phenoxy) is 1. The van der Waals surface area contributed by atoms with Gasteiger partial charge in [0, 0.05) is 11.6 Å². The lowest BCUT2D eigenvalue weighted by Gasteiger charge is -2.14. The van der Waals surface area contributed by atoms with Crippen molar-refractivity contribution in [2.24, 2.45) is 0 Å². The largest absolute Gasteiger partial charge is 0.493 e. The second-order valence-corrected chi connectivity index (χ2v) is 6.19. The fourth-order valence-electron chi connectivity index (χ4n) is 2.84. The minimum Gasteiger partial charge on any atom is -0.493 e. The summed E-state index contributed by atoms with van der Waals surface area (Å²) in [5.41, 5.74) is 2.42. The number of benzene rings is 1. The van der Waals surface area contributed by atoms with E-state index in [-0.39, 0.29) is 11.3 Å². The number of nitrogens with one attached hydrogen (secondary N) is 1. The Morgan fingerprint density at radius 1 is 1.11 bits per heavy atom. The van der Waals surface area contributed by atoms with Gasteiger partial charge in [-0.25, -0.2) is 14.0 Å². The number of nitrogens with two attached hydrogens (primary N) is 1. The van der Waals surface area contributed by atoms with Crippen molar-refractivity contribution in [3.63, 3.8) is 0 Å². The first-order valence-electron chi connectivity index (χ1n) is 8.72. The fraction of sp³-hybridized carbons (Fsp3) is 0.316. The number of aromatic nitrogens is 1. The monoisotopic (exact) mass is 392 g/mol. The number of aromatic amines is 1. The normalized spacial score (nSPS) is 10.6. The van der Waals surface area contributed by atoms with Crippen LogP contribution in [0.15, 0.2) is 23.0 Å². The molecule has 1 heterocycles. The van der Waals surface area contributed by atoms with E-state index in [2.05, 4.69) is 6.92 Å². The first-order valence-corrected chi connectivity index (χ1v) is 8.72. The van der Waals surface area contributed by atoms with Crippen LogP contribution < -0.4 is 16.0 Å². The summed E-state index contributed by atoms with van der Waals surface area (Å²) in [4.78, 5) is 37.2. The van der Waals surface area contributed by atoms with Crippen molar-refractivity contribution in [2.45, 2.75) is 32.6 Å². The Balaban J connectivity index is 2.56. The lowest BCUT2D eigenvalue weighted by atomic mass is 9.95. The van der Waals surface area contributed by atoms with Crippen LogP contribution in [0.5, 0.6) is 5.75 Å². The Morgan fingerprint density at radius 3 is 2.39 bits per heavy atom. The number of hydrogen-bond acceptors (Lipinski definition) is 5. The number of anilines is 1. The van der Waals surface area contributed by atoms with Gasteiger partial charge in [-0.1, -0.05) is 26.2 Å². The van der Waals surface area contributed by atoms with E-state index < -0.39 is 45.8 Å². The van der Waals surface area contributed by atoms with Gasteiger partial charge in [0.1, 0.15) is 28.5 Å². The first-order chi connectivity index (χ1) is 13.3. The van der Waals surface area contributed by atoms with E-state index in [0.717, 1.165) is 37.8 Å². The maximum atomic E-state index is 14.1. The van der Waals surface area contributed by atoms with Crippen LogP contribution >= 0.6 is 0 Å². The summed E-state index contributed by atoms with van der Waals surface area (Å²) in [5.74, 6) is -4.42. The van der Waals surface area contributed by atoms with Crippen molar-refractivity contribution >= 4 is 17.8 Å². The highest BCUT2D eigenvalue weighted by Gasteiger charge is 2.27. The molecule has 0 atom stereocenters. The molecule has 0 aliphatic heterocycles. The predicted molar refractivity (Wildman–Crippen MR) is 100 cm³/mol. The summed E-state index contributed by atoms with van der Waals surface area (Å²) in [6.45, 7) is 2.38. The highest BCUT2D eigenvalue weighted by Crippen LogP contribution is 2.32. The van der Waals surface area contributed by atoms with Crippen LogP contribution in [-0.4, -0.2) is 33.7 Å². The maximum absolute atomic E-state index is 14.1. The number of pyridine rings is 1. The van der Waals surface area contributed by atoms with Crippen LogP contribution in [0.3, 0.4) is 0 Å². The number of hydrogen-bond donors (Lipinski definition) is 4. The van der Waals surface area contributed by atoms with E-state index in [0.29, 0.717) is 6.61 Å². The third kappa shape index (κ3) is 4.67. The van der Waals surface area contributed by atoms with Gasteiger partial charge >= 0.3 is 11.9 Å². The molecule has 0 unspecified atom stereocenters. The Labute approximate surface area is 159 Å². The summed E-state index contributed by atoms with van der Waals surface area (Å²) < 4.78 is 19.6. The highest BCUT2D eigenvalue weighted by molar-refractivity contribution is 6.07. The SMILES string of the molecule is CCCCCCOc1cc(F)cc(-c2c(C(=O)O)c(N)[nH]c(=O)c2C(=O)O)c1. The van der Waals surface area contributed by atoms with E-state index in [1.165, 1.54) is 6.07 Å². The number of unbranched alkanes of at least 4 members (excludes halogenated alkanes) is 3. The molecular formula is C19H21FN2O6. The minimum absolute atomic E-state index is 0.0954. The van der Waals surface area contributed by atoms with Gasteiger partial charge < -0.3 is 25.7 Å². The molecule has 0 amide bonds. The van der Waals surface area contributed by atoms with E-state index in [4.69, 9.17) is 10.5 Å². The smallest absolute Gasteiger partial charge is 0.342 e. The molecule has 8 nitrogen and oxygen atoms in total. The Morgan fingerprint density at radius 2 is 1.79 bits per heavy atom. The van der Waals surface area contributed by atoms with Gasteiger partial charge in [0.2, 0.25) is 0 Å². The van der Waals surface area contributed by atoms with E-state index in [1.54, 1.807) is 0 Å². The van der Waals surface area contributed by atoms with Crippen molar-refractivity contribution in [1.82, 2.24) is 4.98 Å². The molecule has 0 radical (unpaired) electrons. The summed E-state index contributed by atoms with van der Waals surface area (Å²) >= 11 is 0. The third-order valence-corrected chi connectivity index (χ3v) is 4.10. The van der Waals surface area contributed by atoms with E-state index in [9.17, 15) is 29.0 Å². The van der Waals surface area contributed by atoms with E-state index in [1.807, 2.05) is 4.98 Å². The molecular weight excluding hydrogens is 371 g/mol. The quantitative estimate of drug-likeness (QED) is 0.480. The number of carbonyl (C=O) groups is 2. The molecule has 5 N–H and O–H groups in total. The molecule has 0 saturated heterocycles. The summed E-state index contributed by atoms with van der Waals surface area (Å²) in [6, 6.07) is 3.31. The maximum Gasteiger partial charge on any atom is 0.342 e. The average molecular weight is 392 g/mol. The van der Waals surface area contributed by atoms with Crippen LogP contribution in [-0.2, 0) is 0 Å². The number of aromatic carboxylic acids is 2. The fourth-order valence-corrected chi connectivity index (χ4v) is 2.84. The minimum atomic E-state index is -1.66. The number of nitrogen functional groups attached to an aromatic ring is 1. The lowest BCUT2D eigenvalue weighted by Crippen LogP contribution is -2.24. The Bertz CT molecular complexity index is 954. The van der Waals surface area contributed by atoms with Crippen LogP contribution in [0.25, 0.3) is 11.1 Å². The standard InChI is InChI=1S/C19H21FN2O6/c1-2-3-4-5-6-28-12-8-10(7-11(20)9-12)13-14(18(24)25)16(21)22-17(23)15(13)19(26)27/h7-9H,2-6H2,1H3,(H,24,25)(H,26,27)(H3,21,22,23). The summed E-state index contributed by atoms with van der Waals surface area (Å²) in [5, 5.41) is 18.8.